The number of rotatable bonds is 2. The first-order valence-electron chi connectivity index (χ1n) is 8.85. The summed E-state index contributed by atoms with van der Waals surface area (Å²) >= 11 is 0. The normalized spacial score (nSPS) is 18.2. The molecule has 0 bridgehead atoms. The predicted molar refractivity (Wildman–Crippen MR) is 98.0 cm³/mol. The molecule has 1 fully saturated rings. The highest BCUT2D eigenvalue weighted by Gasteiger charge is 2.27. The molecule has 5 heteroatoms. The third kappa shape index (κ3) is 3.18. The number of hydrogen-bond acceptors (Lipinski definition) is 4. The second-order valence-electron chi connectivity index (χ2n) is 7.34. The Bertz CT molecular complexity index is 810. The maximum Gasteiger partial charge on any atom is 0.253 e. The van der Waals surface area contributed by atoms with Crippen LogP contribution >= 0.6 is 0 Å². The quantitative estimate of drug-likeness (QED) is 0.910. The monoisotopic (exact) mass is 337 g/mol. The topological polar surface area (TPSA) is 54.5 Å². The summed E-state index contributed by atoms with van der Waals surface area (Å²) < 4.78 is 5.95. The third-order valence-corrected chi connectivity index (χ3v) is 4.72. The molecule has 0 unspecified atom stereocenters. The van der Waals surface area contributed by atoms with Crippen LogP contribution in [0, 0.1) is 0 Å². The van der Waals surface area contributed by atoms with E-state index in [-0.39, 0.29) is 11.5 Å². The number of benzene rings is 1. The molecule has 2 aliphatic heterocycles. The Morgan fingerprint density at radius 2 is 2.00 bits per heavy atom. The van der Waals surface area contributed by atoms with E-state index in [0.717, 1.165) is 54.3 Å². The number of hydrogen-bond donors (Lipinski definition) is 1. The van der Waals surface area contributed by atoms with Gasteiger partial charge in [-0.1, -0.05) is 12.1 Å². The first kappa shape index (κ1) is 15.9. The zero-order valence-corrected chi connectivity index (χ0v) is 14.7. The fraction of sp³-hybridized carbons (Fsp3) is 0.400. The van der Waals surface area contributed by atoms with Crippen molar-refractivity contribution >= 4 is 11.7 Å². The summed E-state index contributed by atoms with van der Waals surface area (Å²) in [5.74, 6) is 1.64. The highest BCUT2D eigenvalue weighted by molar-refractivity contribution is 5.95. The van der Waals surface area contributed by atoms with Gasteiger partial charge in [-0.15, -0.1) is 0 Å². The van der Waals surface area contributed by atoms with Crippen LogP contribution in [0.5, 0.6) is 5.75 Å². The Labute approximate surface area is 148 Å². The number of carbonyl (C=O) groups excluding carboxylic acids is 1. The van der Waals surface area contributed by atoms with E-state index in [2.05, 4.69) is 10.3 Å². The zero-order chi connectivity index (χ0) is 17.4. The van der Waals surface area contributed by atoms with Gasteiger partial charge in [-0.05, 0) is 51.0 Å². The number of aromatic nitrogens is 1. The standard InChI is InChI=1S/C20H23N3O2/c1-20(2)13-21-18-17(25-20)9-8-16(22-18)14-6-5-7-15(12-14)19(24)23-10-3-4-11-23/h5-9,12H,3-4,10-11,13H2,1-2H3,(H,21,22). The van der Waals surface area contributed by atoms with E-state index in [4.69, 9.17) is 4.74 Å². The molecule has 2 aliphatic rings. The minimum absolute atomic E-state index is 0.112. The molecule has 0 spiro atoms. The number of fused-ring (bicyclic) bond motifs is 1. The average molecular weight is 337 g/mol. The molecule has 3 heterocycles. The van der Waals surface area contributed by atoms with Gasteiger partial charge in [0, 0.05) is 24.2 Å². The molecule has 0 atom stereocenters. The first-order chi connectivity index (χ1) is 12.0. The Balaban J connectivity index is 1.62. The maximum atomic E-state index is 12.6. The van der Waals surface area contributed by atoms with E-state index in [1.807, 2.05) is 55.1 Å². The molecule has 2 aromatic rings. The number of carbonyl (C=O) groups is 1. The van der Waals surface area contributed by atoms with E-state index in [1.54, 1.807) is 0 Å². The molecule has 1 saturated heterocycles. The summed E-state index contributed by atoms with van der Waals surface area (Å²) in [6.07, 6.45) is 2.19. The van der Waals surface area contributed by atoms with Gasteiger partial charge in [0.1, 0.15) is 5.60 Å². The smallest absolute Gasteiger partial charge is 0.253 e. The van der Waals surface area contributed by atoms with Crippen LogP contribution in [0.15, 0.2) is 36.4 Å². The maximum absolute atomic E-state index is 12.6. The minimum Gasteiger partial charge on any atom is -0.482 e. The van der Waals surface area contributed by atoms with Gasteiger partial charge < -0.3 is 15.0 Å². The third-order valence-electron chi connectivity index (χ3n) is 4.72. The van der Waals surface area contributed by atoms with Gasteiger partial charge in [0.15, 0.2) is 11.6 Å². The van der Waals surface area contributed by atoms with Crippen LogP contribution in [-0.4, -0.2) is 41.0 Å². The number of pyridine rings is 1. The van der Waals surface area contributed by atoms with Gasteiger partial charge in [0.25, 0.3) is 5.91 Å². The van der Waals surface area contributed by atoms with Crippen LogP contribution < -0.4 is 10.1 Å². The summed E-state index contributed by atoms with van der Waals surface area (Å²) in [5, 5.41) is 3.33. The highest BCUT2D eigenvalue weighted by atomic mass is 16.5. The molecule has 0 radical (unpaired) electrons. The molecule has 0 aliphatic carbocycles. The molecule has 1 aromatic carbocycles. The van der Waals surface area contributed by atoms with Crippen molar-refractivity contribution in [2.75, 3.05) is 25.0 Å². The van der Waals surface area contributed by atoms with Crippen LogP contribution in [0.2, 0.25) is 0 Å². The largest absolute Gasteiger partial charge is 0.482 e. The molecule has 1 aromatic heterocycles. The number of anilines is 1. The Hall–Kier alpha value is -2.56. The summed E-state index contributed by atoms with van der Waals surface area (Å²) in [4.78, 5) is 19.2. The lowest BCUT2D eigenvalue weighted by atomic mass is 10.1. The van der Waals surface area contributed by atoms with Crippen molar-refractivity contribution < 1.29 is 9.53 Å². The fourth-order valence-electron chi connectivity index (χ4n) is 3.36. The van der Waals surface area contributed by atoms with Crippen molar-refractivity contribution in [1.82, 2.24) is 9.88 Å². The SMILES string of the molecule is CC1(C)CNc2nc(-c3cccc(C(=O)N4CCCC4)c3)ccc2O1. The Kier molecular flexibility index (Phi) is 3.86. The number of amides is 1. The van der Waals surface area contributed by atoms with Crippen molar-refractivity contribution in [3.63, 3.8) is 0 Å². The van der Waals surface area contributed by atoms with Crippen LogP contribution in [0.4, 0.5) is 5.82 Å². The molecule has 25 heavy (non-hydrogen) atoms. The lowest BCUT2D eigenvalue weighted by Gasteiger charge is -2.32. The van der Waals surface area contributed by atoms with E-state index >= 15 is 0 Å². The van der Waals surface area contributed by atoms with Crippen molar-refractivity contribution in [2.24, 2.45) is 0 Å². The van der Waals surface area contributed by atoms with Gasteiger partial charge in [-0.2, -0.15) is 0 Å². The minimum atomic E-state index is -0.238. The van der Waals surface area contributed by atoms with E-state index in [0.29, 0.717) is 6.54 Å². The number of nitrogens with zero attached hydrogens (tertiary/aromatic N) is 2. The van der Waals surface area contributed by atoms with Gasteiger partial charge in [0.2, 0.25) is 0 Å². The Morgan fingerprint density at radius 1 is 1.20 bits per heavy atom. The summed E-state index contributed by atoms with van der Waals surface area (Å²) in [7, 11) is 0. The molecule has 1 N–H and O–H groups in total. The van der Waals surface area contributed by atoms with E-state index in [9.17, 15) is 4.79 Å². The van der Waals surface area contributed by atoms with Crippen molar-refractivity contribution in [2.45, 2.75) is 32.3 Å². The average Bonchev–Trinajstić information content (AvgIpc) is 3.15. The lowest BCUT2D eigenvalue weighted by molar-refractivity contribution is 0.0793. The molecular formula is C20H23N3O2. The van der Waals surface area contributed by atoms with Crippen molar-refractivity contribution in [3.8, 4) is 17.0 Å². The lowest BCUT2D eigenvalue weighted by Crippen LogP contribution is -2.40. The van der Waals surface area contributed by atoms with E-state index < -0.39 is 0 Å². The van der Waals surface area contributed by atoms with Gasteiger partial charge in [0.05, 0.1) is 12.2 Å². The molecular weight excluding hydrogens is 314 g/mol. The van der Waals surface area contributed by atoms with E-state index in [1.165, 1.54) is 0 Å². The molecule has 0 saturated carbocycles. The van der Waals surface area contributed by atoms with Crippen LogP contribution in [0.25, 0.3) is 11.3 Å². The first-order valence-corrected chi connectivity index (χ1v) is 8.85. The molecule has 5 nitrogen and oxygen atoms in total. The summed E-state index contributed by atoms with van der Waals surface area (Å²) in [6.45, 7) is 6.52. The second kappa shape index (κ2) is 6.06. The van der Waals surface area contributed by atoms with Gasteiger partial charge >= 0.3 is 0 Å². The van der Waals surface area contributed by atoms with Crippen molar-refractivity contribution in [1.29, 1.82) is 0 Å². The van der Waals surface area contributed by atoms with Crippen LogP contribution in [0.3, 0.4) is 0 Å². The Morgan fingerprint density at radius 3 is 2.80 bits per heavy atom. The molecule has 130 valence electrons. The summed E-state index contributed by atoms with van der Waals surface area (Å²) in [6, 6.07) is 11.6. The zero-order valence-electron chi connectivity index (χ0n) is 14.7. The highest BCUT2D eigenvalue weighted by Crippen LogP contribution is 2.33. The second-order valence-corrected chi connectivity index (χ2v) is 7.34. The van der Waals surface area contributed by atoms with Gasteiger partial charge in [-0.25, -0.2) is 4.98 Å². The number of ether oxygens (including phenoxy) is 1. The van der Waals surface area contributed by atoms with Crippen LogP contribution in [0.1, 0.15) is 37.0 Å². The number of nitrogens with one attached hydrogen (secondary N) is 1. The van der Waals surface area contributed by atoms with Crippen molar-refractivity contribution in [3.05, 3.63) is 42.0 Å². The van der Waals surface area contributed by atoms with Gasteiger partial charge in [-0.3, -0.25) is 4.79 Å². The molecule has 1 amide bonds. The number of likely N-dealkylation sites (tertiary alicyclic amines) is 1. The molecule has 4 rings (SSSR count). The fourth-order valence-corrected chi connectivity index (χ4v) is 3.36. The summed E-state index contributed by atoms with van der Waals surface area (Å²) in [5.41, 5.74) is 2.27. The predicted octanol–water partition coefficient (Wildman–Crippen LogP) is 3.57. The van der Waals surface area contributed by atoms with Crippen LogP contribution in [-0.2, 0) is 0 Å².